The summed E-state index contributed by atoms with van der Waals surface area (Å²) in [4.78, 5) is 0. The van der Waals surface area contributed by atoms with E-state index in [1.807, 2.05) is 19.1 Å². The molecule has 0 aliphatic heterocycles. The molecule has 0 spiro atoms. The van der Waals surface area contributed by atoms with E-state index in [1.165, 1.54) is 0 Å². The fourth-order valence-corrected chi connectivity index (χ4v) is 1.69. The average Bonchev–Trinajstić information content (AvgIpc) is 2.98. The number of hydrogen-bond acceptors (Lipinski definition) is 3. The lowest BCUT2D eigenvalue weighted by Gasteiger charge is -2.13. The molecule has 2 rings (SSSR count). The Labute approximate surface area is 97.0 Å². The molecule has 0 bridgehead atoms. The van der Waals surface area contributed by atoms with Gasteiger partial charge in [0.1, 0.15) is 5.75 Å². The van der Waals surface area contributed by atoms with Crippen LogP contribution in [-0.2, 0) is 0 Å². The highest BCUT2D eigenvalue weighted by Crippen LogP contribution is 2.32. The van der Waals surface area contributed by atoms with E-state index in [-0.39, 0.29) is 5.54 Å². The predicted molar refractivity (Wildman–Crippen MR) is 67.0 cm³/mol. The van der Waals surface area contributed by atoms with Crippen molar-refractivity contribution in [2.75, 3.05) is 18.5 Å². The Bertz CT molecular complexity index is 372. The molecule has 1 saturated carbocycles. The van der Waals surface area contributed by atoms with Crippen LogP contribution in [0, 0.1) is 6.92 Å². The maximum atomic E-state index is 6.02. The number of benzene rings is 1. The van der Waals surface area contributed by atoms with E-state index in [4.69, 9.17) is 10.5 Å². The summed E-state index contributed by atoms with van der Waals surface area (Å²) in [6.07, 6.45) is 2.27. The van der Waals surface area contributed by atoms with Gasteiger partial charge in [0.2, 0.25) is 0 Å². The van der Waals surface area contributed by atoms with Crippen LogP contribution in [0.15, 0.2) is 18.2 Å². The Balaban J connectivity index is 1.97. The van der Waals surface area contributed by atoms with Crippen LogP contribution in [0.4, 0.5) is 5.69 Å². The first-order chi connectivity index (χ1) is 7.63. The number of ether oxygens (including phenoxy) is 1. The highest BCUT2D eigenvalue weighted by atomic mass is 16.5. The van der Waals surface area contributed by atoms with Crippen molar-refractivity contribution >= 4 is 5.69 Å². The van der Waals surface area contributed by atoms with E-state index >= 15 is 0 Å². The van der Waals surface area contributed by atoms with Crippen molar-refractivity contribution < 1.29 is 4.74 Å². The second-order valence-corrected chi connectivity index (χ2v) is 4.63. The van der Waals surface area contributed by atoms with E-state index < -0.39 is 0 Å². The third-order valence-corrected chi connectivity index (χ3v) is 3.01. The van der Waals surface area contributed by atoms with Gasteiger partial charge in [0.05, 0.1) is 6.61 Å². The molecule has 1 aliphatic carbocycles. The number of aryl methyl sites for hydroxylation is 1. The molecular formula is C13H20N2O. The first-order valence-corrected chi connectivity index (χ1v) is 5.89. The van der Waals surface area contributed by atoms with E-state index in [0.717, 1.165) is 36.4 Å². The molecule has 16 heavy (non-hydrogen) atoms. The average molecular weight is 220 g/mol. The minimum absolute atomic E-state index is 0.0481. The molecule has 1 aliphatic rings. The summed E-state index contributed by atoms with van der Waals surface area (Å²) in [7, 11) is 0. The number of rotatable bonds is 5. The van der Waals surface area contributed by atoms with Gasteiger partial charge in [-0.2, -0.15) is 0 Å². The monoisotopic (exact) mass is 220 g/mol. The minimum atomic E-state index is 0.0481. The Morgan fingerprint density at radius 1 is 1.44 bits per heavy atom. The van der Waals surface area contributed by atoms with Crippen LogP contribution in [0.5, 0.6) is 5.75 Å². The number of anilines is 1. The van der Waals surface area contributed by atoms with Gasteiger partial charge in [0.25, 0.3) is 0 Å². The normalized spacial score (nSPS) is 16.9. The predicted octanol–water partition coefficient (Wildman–Crippen LogP) is 2.30. The third kappa shape index (κ3) is 2.67. The van der Waals surface area contributed by atoms with Gasteiger partial charge in [-0.15, -0.1) is 0 Å². The zero-order valence-electron chi connectivity index (χ0n) is 10.0. The van der Waals surface area contributed by atoms with Gasteiger partial charge in [-0.05, 0) is 50.5 Å². The van der Waals surface area contributed by atoms with Gasteiger partial charge in [0.15, 0.2) is 0 Å². The van der Waals surface area contributed by atoms with Crippen LogP contribution in [0.25, 0.3) is 0 Å². The van der Waals surface area contributed by atoms with E-state index in [9.17, 15) is 0 Å². The Hall–Kier alpha value is -1.22. The van der Waals surface area contributed by atoms with Crippen LogP contribution >= 0.6 is 0 Å². The molecule has 1 fully saturated rings. The molecule has 3 heteroatoms. The van der Waals surface area contributed by atoms with Crippen molar-refractivity contribution in [2.45, 2.75) is 32.2 Å². The van der Waals surface area contributed by atoms with Crippen molar-refractivity contribution in [1.29, 1.82) is 0 Å². The Morgan fingerprint density at radius 2 is 2.19 bits per heavy atom. The topological polar surface area (TPSA) is 47.3 Å². The van der Waals surface area contributed by atoms with Crippen molar-refractivity contribution in [3.63, 3.8) is 0 Å². The lowest BCUT2D eigenvalue weighted by atomic mass is 10.2. The van der Waals surface area contributed by atoms with Gasteiger partial charge < -0.3 is 15.8 Å². The molecule has 0 heterocycles. The standard InChI is InChI=1S/C13H20N2O/c1-3-16-12-5-4-11(8-10(12)2)15-9-13(14)6-7-13/h4-5,8,15H,3,6-7,9,14H2,1-2H3. The summed E-state index contributed by atoms with van der Waals surface area (Å²) >= 11 is 0. The van der Waals surface area contributed by atoms with Crippen molar-refractivity contribution in [3.05, 3.63) is 23.8 Å². The minimum Gasteiger partial charge on any atom is -0.494 e. The van der Waals surface area contributed by atoms with Crippen LogP contribution < -0.4 is 15.8 Å². The Morgan fingerprint density at radius 3 is 2.75 bits per heavy atom. The zero-order chi connectivity index (χ0) is 11.6. The molecule has 0 unspecified atom stereocenters. The third-order valence-electron chi connectivity index (χ3n) is 3.01. The van der Waals surface area contributed by atoms with E-state index in [1.54, 1.807) is 0 Å². The maximum Gasteiger partial charge on any atom is 0.122 e. The number of nitrogens with one attached hydrogen (secondary N) is 1. The van der Waals surface area contributed by atoms with Gasteiger partial charge in [-0.25, -0.2) is 0 Å². The number of nitrogens with two attached hydrogens (primary N) is 1. The van der Waals surface area contributed by atoms with E-state index in [2.05, 4.69) is 18.3 Å². The molecule has 0 radical (unpaired) electrons. The molecule has 1 aromatic carbocycles. The molecule has 88 valence electrons. The van der Waals surface area contributed by atoms with Gasteiger partial charge in [-0.1, -0.05) is 0 Å². The van der Waals surface area contributed by atoms with Crippen molar-refractivity contribution in [3.8, 4) is 5.75 Å². The van der Waals surface area contributed by atoms with Gasteiger partial charge >= 0.3 is 0 Å². The summed E-state index contributed by atoms with van der Waals surface area (Å²) in [5.74, 6) is 0.960. The van der Waals surface area contributed by atoms with Gasteiger partial charge in [0, 0.05) is 17.8 Å². The van der Waals surface area contributed by atoms with Crippen molar-refractivity contribution in [2.24, 2.45) is 5.73 Å². The molecule has 0 atom stereocenters. The molecule has 0 saturated heterocycles. The summed E-state index contributed by atoms with van der Waals surface area (Å²) < 4.78 is 5.50. The summed E-state index contributed by atoms with van der Waals surface area (Å²) in [5, 5.41) is 3.38. The molecule has 1 aromatic rings. The molecule has 3 nitrogen and oxygen atoms in total. The summed E-state index contributed by atoms with van der Waals surface area (Å²) in [6.45, 7) is 5.63. The molecule has 0 aromatic heterocycles. The second-order valence-electron chi connectivity index (χ2n) is 4.63. The first kappa shape index (κ1) is 11.3. The maximum absolute atomic E-state index is 6.02. The fourth-order valence-electron chi connectivity index (χ4n) is 1.69. The lowest BCUT2D eigenvalue weighted by Crippen LogP contribution is -2.31. The van der Waals surface area contributed by atoms with Crippen molar-refractivity contribution in [1.82, 2.24) is 0 Å². The quantitative estimate of drug-likeness (QED) is 0.800. The zero-order valence-corrected chi connectivity index (χ0v) is 10.0. The molecular weight excluding hydrogens is 200 g/mol. The largest absolute Gasteiger partial charge is 0.494 e. The van der Waals surface area contributed by atoms with E-state index in [0.29, 0.717) is 6.61 Å². The Kier molecular flexibility index (Phi) is 3.06. The van der Waals surface area contributed by atoms with Crippen LogP contribution in [0.2, 0.25) is 0 Å². The lowest BCUT2D eigenvalue weighted by molar-refractivity contribution is 0.338. The fraction of sp³-hybridized carbons (Fsp3) is 0.538. The number of hydrogen-bond donors (Lipinski definition) is 2. The highest BCUT2D eigenvalue weighted by Gasteiger charge is 2.37. The van der Waals surface area contributed by atoms with Crippen LogP contribution in [-0.4, -0.2) is 18.7 Å². The molecule has 3 N–H and O–H groups in total. The molecule has 0 amide bonds. The van der Waals surface area contributed by atoms with Gasteiger partial charge in [-0.3, -0.25) is 0 Å². The first-order valence-electron chi connectivity index (χ1n) is 5.89. The van der Waals surface area contributed by atoms with Crippen LogP contribution in [0.1, 0.15) is 25.3 Å². The SMILES string of the molecule is CCOc1ccc(NCC2(N)CC2)cc1C. The second kappa shape index (κ2) is 4.34. The highest BCUT2D eigenvalue weighted by molar-refractivity contribution is 5.51. The van der Waals surface area contributed by atoms with Crippen LogP contribution in [0.3, 0.4) is 0 Å². The summed E-state index contributed by atoms with van der Waals surface area (Å²) in [5.41, 5.74) is 8.35. The smallest absolute Gasteiger partial charge is 0.122 e. The summed E-state index contributed by atoms with van der Waals surface area (Å²) in [6, 6.07) is 6.16.